The lowest BCUT2D eigenvalue weighted by Gasteiger charge is -1.95. The fraction of sp³-hybridized carbons (Fsp3) is 0. The Bertz CT molecular complexity index is 294. The van der Waals surface area contributed by atoms with Crippen LogP contribution in [-0.4, -0.2) is 11.3 Å². The van der Waals surface area contributed by atoms with Crippen molar-refractivity contribution in [2.45, 2.75) is 0 Å². The van der Waals surface area contributed by atoms with E-state index in [9.17, 15) is 14.9 Å². The number of hydrogen-bond donors (Lipinski definition) is 1. The highest BCUT2D eigenvalue weighted by Crippen LogP contribution is 2.14. The van der Waals surface area contributed by atoms with E-state index in [2.05, 4.69) is 5.32 Å². The van der Waals surface area contributed by atoms with Crippen molar-refractivity contribution in [1.82, 2.24) is 0 Å². The zero-order valence-corrected chi connectivity index (χ0v) is 6.06. The number of carbonyl (C=O) groups is 1. The van der Waals surface area contributed by atoms with Gasteiger partial charge in [-0.15, -0.1) is 0 Å². The third-order valence-corrected chi connectivity index (χ3v) is 1.30. The summed E-state index contributed by atoms with van der Waals surface area (Å²) in [5.74, 6) is 0. The highest BCUT2D eigenvalue weighted by atomic mass is 16.6. The van der Waals surface area contributed by atoms with Crippen molar-refractivity contribution in [3.05, 3.63) is 34.4 Å². The topological polar surface area (TPSA) is 72.2 Å². The largest absolute Gasteiger partial charge is 0.329 e. The quantitative estimate of drug-likeness (QED) is 0.416. The Kier molecular flexibility index (Phi) is 2.37. The number of nitro groups is 1. The number of amides is 1. The molecule has 0 aromatic heterocycles. The first kappa shape index (κ1) is 8.19. The lowest BCUT2D eigenvalue weighted by atomic mass is 10.3. The molecule has 0 aliphatic rings. The van der Waals surface area contributed by atoms with Gasteiger partial charge in [0.15, 0.2) is 0 Å². The summed E-state index contributed by atoms with van der Waals surface area (Å²) >= 11 is 0. The maximum absolute atomic E-state index is 10.2. The zero-order chi connectivity index (χ0) is 8.97. The zero-order valence-electron chi connectivity index (χ0n) is 6.06. The smallest absolute Gasteiger partial charge is 0.269 e. The molecule has 0 radical (unpaired) electrons. The third-order valence-electron chi connectivity index (χ3n) is 1.30. The van der Waals surface area contributed by atoms with Crippen molar-refractivity contribution in [1.29, 1.82) is 0 Å². The van der Waals surface area contributed by atoms with Crippen molar-refractivity contribution in [2.24, 2.45) is 0 Å². The second-order valence-electron chi connectivity index (χ2n) is 2.07. The van der Waals surface area contributed by atoms with Gasteiger partial charge in [-0.3, -0.25) is 14.9 Å². The van der Waals surface area contributed by atoms with Gasteiger partial charge in [-0.2, -0.15) is 0 Å². The Balaban J connectivity index is 2.85. The number of benzene rings is 1. The first-order valence-electron chi connectivity index (χ1n) is 3.18. The molecule has 1 amide bonds. The van der Waals surface area contributed by atoms with E-state index in [0.29, 0.717) is 12.1 Å². The van der Waals surface area contributed by atoms with Crippen molar-refractivity contribution in [3.63, 3.8) is 0 Å². The number of anilines is 1. The molecule has 0 spiro atoms. The van der Waals surface area contributed by atoms with Crippen LogP contribution >= 0.6 is 0 Å². The van der Waals surface area contributed by atoms with Crippen molar-refractivity contribution in [2.75, 3.05) is 5.32 Å². The Morgan fingerprint density at radius 1 is 1.33 bits per heavy atom. The number of nitro benzene ring substituents is 1. The van der Waals surface area contributed by atoms with E-state index in [1.807, 2.05) is 0 Å². The van der Waals surface area contributed by atoms with Crippen LogP contribution in [0.2, 0.25) is 0 Å². The number of nitrogens with one attached hydrogen (secondary N) is 1. The van der Waals surface area contributed by atoms with Gasteiger partial charge in [-0.25, -0.2) is 0 Å². The van der Waals surface area contributed by atoms with Gasteiger partial charge in [0.1, 0.15) is 0 Å². The summed E-state index contributed by atoms with van der Waals surface area (Å²) < 4.78 is 0. The molecule has 1 N–H and O–H groups in total. The predicted molar refractivity (Wildman–Crippen MR) is 42.8 cm³/mol. The number of rotatable bonds is 3. The van der Waals surface area contributed by atoms with Crippen molar-refractivity contribution in [3.8, 4) is 0 Å². The lowest BCUT2D eigenvalue weighted by Crippen LogP contribution is -1.93. The van der Waals surface area contributed by atoms with E-state index in [4.69, 9.17) is 0 Å². The van der Waals surface area contributed by atoms with Gasteiger partial charge >= 0.3 is 0 Å². The molecule has 0 fully saturated rings. The number of nitrogens with zero attached hydrogens (tertiary/aromatic N) is 1. The van der Waals surface area contributed by atoms with E-state index in [1.165, 1.54) is 24.3 Å². The van der Waals surface area contributed by atoms with Crippen molar-refractivity contribution < 1.29 is 9.72 Å². The molecule has 0 aliphatic heterocycles. The maximum Gasteiger partial charge on any atom is 0.269 e. The Hall–Kier alpha value is -1.91. The number of non-ortho nitro benzene ring substituents is 1. The molecule has 0 saturated carbocycles. The minimum absolute atomic E-state index is 0.00597. The van der Waals surface area contributed by atoms with Crippen LogP contribution < -0.4 is 5.32 Å². The first-order valence-corrected chi connectivity index (χ1v) is 3.18. The number of carbonyl (C=O) groups excluding carboxylic acids is 1. The van der Waals surface area contributed by atoms with Crippen LogP contribution in [0.25, 0.3) is 0 Å². The van der Waals surface area contributed by atoms with Crippen LogP contribution in [-0.2, 0) is 4.79 Å². The molecule has 12 heavy (non-hydrogen) atoms. The van der Waals surface area contributed by atoms with Crippen LogP contribution in [0.1, 0.15) is 0 Å². The van der Waals surface area contributed by atoms with Crippen LogP contribution in [0.15, 0.2) is 24.3 Å². The van der Waals surface area contributed by atoms with Gasteiger partial charge in [0, 0.05) is 17.8 Å². The summed E-state index contributed by atoms with van der Waals surface area (Å²) in [7, 11) is 0. The molecule has 0 atom stereocenters. The van der Waals surface area contributed by atoms with Gasteiger partial charge in [0.25, 0.3) is 5.69 Å². The third kappa shape index (κ3) is 1.79. The second kappa shape index (κ2) is 3.47. The van der Waals surface area contributed by atoms with Gasteiger partial charge < -0.3 is 5.32 Å². The average Bonchev–Trinajstić information content (AvgIpc) is 2.06. The summed E-state index contributed by atoms with van der Waals surface area (Å²) in [6, 6.07) is 5.58. The molecule has 0 bridgehead atoms. The SMILES string of the molecule is O=CNc1ccc([N+](=O)[O-])cc1. The molecule has 62 valence electrons. The molecule has 1 aromatic rings. The van der Waals surface area contributed by atoms with Crippen LogP contribution in [0.5, 0.6) is 0 Å². The molecular formula is C7H6N2O3. The summed E-state index contributed by atoms with van der Waals surface area (Å²) in [5.41, 5.74) is 0.544. The fourth-order valence-electron chi connectivity index (χ4n) is 0.747. The molecule has 0 heterocycles. The van der Waals surface area contributed by atoms with Crippen molar-refractivity contribution >= 4 is 17.8 Å². The van der Waals surface area contributed by atoms with Crippen LogP contribution in [0.4, 0.5) is 11.4 Å². The molecule has 0 unspecified atom stereocenters. The van der Waals surface area contributed by atoms with Crippen LogP contribution in [0.3, 0.4) is 0 Å². The van der Waals surface area contributed by atoms with E-state index in [0.717, 1.165) is 0 Å². The molecule has 5 heteroatoms. The molecule has 1 aromatic carbocycles. The van der Waals surface area contributed by atoms with Gasteiger partial charge in [-0.05, 0) is 12.1 Å². The molecule has 0 saturated heterocycles. The predicted octanol–water partition coefficient (Wildman–Crippen LogP) is 1.16. The summed E-state index contributed by atoms with van der Waals surface area (Å²) in [4.78, 5) is 19.6. The average molecular weight is 166 g/mol. The first-order chi connectivity index (χ1) is 5.74. The van der Waals surface area contributed by atoms with E-state index in [-0.39, 0.29) is 5.69 Å². The Morgan fingerprint density at radius 2 is 1.92 bits per heavy atom. The standard InChI is InChI=1S/C7H6N2O3/c10-5-8-6-1-3-7(4-2-6)9(11)12/h1-5H,(H,8,10). The van der Waals surface area contributed by atoms with Gasteiger partial charge in [0.2, 0.25) is 6.41 Å². The lowest BCUT2D eigenvalue weighted by molar-refractivity contribution is -0.384. The normalized spacial score (nSPS) is 9.00. The second-order valence-corrected chi connectivity index (χ2v) is 2.07. The highest BCUT2D eigenvalue weighted by molar-refractivity contribution is 5.71. The molecule has 0 aliphatic carbocycles. The monoisotopic (exact) mass is 166 g/mol. The summed E-state index contributed by atoms with van der Waals surface area (Å²) in [6.07, 6.45) is 0.515. The van der Waals surface area contributed by atoms with Crippen LogP contribution in [0, 0.1) is 10.1 Å². The maximum atomic E-state index is 10.2. The molecular weight excluding hydrogens is 160 g/mol. The summed E-state index contributed by atoms with van der Waals surface area (Å²) in [5, 5.41) is 12.6. The van der Waals surface area contributed by atoms with E-state index >= 15 is 0 Å². The van der Waals surface area contributed by atoms with Gasteiger partial charge in [0.05, 0.1) is 4.92 Å². The van der Waals surface area contributed by atoms with Gasteiger partial charge in [-0.1, -0.05) is 0 Å². The summed E-state index contributed by atoms with van der Waals surface area (Å²) in [6.45, 7) is 0. The Morgan fingerprint density at radius 3 is 2.33 bits per heavy atom. The minimum Gasteiger partial charge on any atom is -0.329 e. The number of hydrogen-bond acceptors (Lipinski definition) is 3. The Labute approximate surface area is 68.2 Å². The highest BCUT2D eigenvalue weighted by Gasteiger charge is 2.02. The minimum atomic E-state index is -0.495. The van der Waals surface area contributed by atoms with E-state index in [1.54, 1.807) is 0 Å². The fourth-order valence-corrected chi connectivity index (χ4v) is 0.747. The molecule has 5 nitrogen and oxygen atoms in total. The van der Waals surface area contributed by atoms with E-state index < -0.39 is 4.92 Å². The molecule has 1 rings (SSSR count).